The topological polar surface area (TPSA) is 126 Å². The van der Waals surface area contributed by atoms with E-state index in [9.17, 15) is 25.2 Å². The Morgan fingerprint density at radius 3 is 2.44 bits per heavy atom. The number of hydrogen-bond donors (Lipinski definition) is 4. The summed E-state index contributed by atoms with van der Waals surface area (Å²) in [6.07, 6.45) is -5.68. The molecule has 146 valence electrons. The van der Waals surface area contributed by atoms with E-state index < -0.39 is 43.5 Å². The molecule has 0 spiro atoms. The monoisotopic (exact) mass is 362 g/mol. The summed E-state index contributed by atoms with van der Waals surface area (Å²) < 4.78 is 15.4. The molecule has 0 amide bonds. The van der Waals surface area contributed by atoms with Crippen molar-refractivity contribution in [1.29, 1.82) is 0 Å². The molecule has 1 aliphatic heterocycles. The second-order valence-corrected chi connectivity index (χ2v) is 7.58. The van der Waals surface area contributed by atoms with E-state index in [0.29, 0.717) is 11.8 Å². The zero-order valence-corrected chi connectivity index (χ0v) is 14.9. The van der Waals surface area contributed by atoms with Crippen molar-refractivity contribution in [3.63, 3.8) is 0 Å². The third-order valence-electron chi connectivity index (χ3n) is 5.26. The van der Waals surface area contributed by atoms with Crippen LogP contribution in [0.25, 0.3) is 0 Å². The van der Waals surface area contributed by atoms with Gasteiger partial charge in [-0.05, 0) is 30.6 Å². The van der Waals surface area contributed by atoms with E-state index in [-0.39, 0.29) is 12.0 Å². The largest absolute Gasteiger partial charge is 0.508 e. The number of ether oxygens (including phenoxy) is 3. The molecule has 4 unspecified atom stereocenters. The lowest BCUT2D eigenvalue weighted by molar-refractivity contribution is -0.287. The highest BCUT2D eigenvalue weighted by atomic mass is 16.7. The van der Waals surface area contributed by atoms with Gasteiger partial charge < -0.3 is 34.6 Å². The molecule has 25 heavy (non-hydrogen) atoms. The lowest BCUT2D eigenvalue weighted by Crippen LogP contribution is -2.58. The van der Waals surface area contributed by atoms with Gasteiger partial charge in [0.1, 0.15) is 37.1 Å². The van der Waals surface area contributed by atoms with Crippen molar-refractivity contribution in [2.75, 3.05) is 6.61 Å². The summed E-state index contributed by atoms with van der Waals surface area (Å²) in [4.78, 5) is 12.0. The molecule has 1 heterocycles. The van der Waals surface area contributed by atoms with E-state index in [0.717, 1.165) is 19.3 Å². The SMILES string of the molecule is CC1CCC(C(C)C)C(OC(=O)OC[C@H]2OC(O)[C@H](O)[C@H](O)[C@H]2O)C1. The zero-order valence-electron chi connectivity index (χ0n) is 14.9. The molecule has 2 aliphatic rings. The maximum atomic E-state index is 12.0. The minimum atomic E-state index is -1.66. The maximum Gasteiger partial charge on any atom is 0.508 e. The van der Waals surface area contributed by atoms with Crippen LogP contribution in [0.1, 0.15) is 40.0 Å². The van der Waals surface area contributed by atoms with Gasteiger partial charge in [-0.25, -0.2) is 4.79 Å². The number of carbonyl (C=O) groups excluding carboxylic acids is 1. The minimum Gasteiger partial charge on any atom is -0.431 e. The molecule has 1 saturated heterocycles. The fourth-order valence-electron chi connectivity index (χ4n) is 3.63. The Labute approximate surface area is 147 Å². The van der Waals surface area contributed by atoms with Gasteiger partial charge in [-0.3, -0.25) is 0 Å². The molecule has 0 radical (unpaired) electrons. The van der Waals surface area contributed by atoms with Crippen molar-refractivity contribution in [2.24, 2.45) is 17.8 Å². The fraction of sp³-hybridized carbons (Fsp3) is 0.941. The first-order valence-electron chi connectivity index (χ1n) is 8.91. The summed E-state index contributed by atoms with van der Waals surface area (Å²) in [5, 5.41) is 38.3. The average molecular weight is 362 g/mol. The standard InChI is InChI=1S/C17H30O8/c1-8(2)10-5-4-9(3)6-11(10)25-17(22)23-7-12-13(18)14(19)15(20)16(21)24-12/h8-16,18-21H,4-7H2,1-3H3/t9?,10?,11?,12-,13+,14-,15-,16?/m1/s1. The molecule has 1 saturated carbocycles. The highest BCUT2D eigenvalue weighted by molar-refractivity contribution is 5.60. The van der Waals surface area contributed by atoms with Gasteiger partial charge in [-0.2, -0.15) is 0 Å². The van der Waals surface area contributed by atoms with Crippen molar-refractivity contribution in [3.8, 4) is 0 Å². The lowest BCUT2D eigenvalue weighted by atomic mass is 9.75. The molecule has 4 N–H and O–H groups in total. The third-order valence-corrected chi connectivity index (χ3v) is 5.26. The first kappa shape index (κ1) is 20.4. The molecule has 8 nitrogen and oxygen atoms in total. The highest BCUT2D eigenvalue weighted by Gasteiger charge is 2.43. The van der Waals surface area contributed by atoms with E-state index in [4.69, 9.17) is 14.2 Å². The van der Waals surface area contributed by atoms with Crippen LogP contribution in [-0.2, 0) is 14.2 Å². The molecular weight excluding hydrogens is 332 g/mol. The first-order valence-corrected chi connectivity index (χ1v) is 8.91. The molecule has 1 aliphatic carbocycles. The smallest absolute Gasteiger partial charge is 0.431 e. The van der Waals surface area contributed by atoms with Gasteiger partial charge in [-0.15, -0.1) is 0 Å². The number of carbonyl (C=O) groups is 1. The van der Waals surface area contributed by atoms with Crippen molar-refractivity contribution >= 4 is 6.16 Å². The second-order valence-electron chi connectivity index (χ2n) is 7.58. The Hall–Kier alpha value is -0.930. The van der Waals surface area contributed by atoms with E-state index in [1.165, 1.54) is 0 Å². The van der Waals surface area contributed by atoms with Crippen LogP contribution >= 0.6 is 0 Å². The summed E-state index contributed by atoms with van der Waals surface area (Å²) in [5.41, 5.74) is 0. The van der Waals surface area contributed by atoms with Crippen LogP contribution in [0.2, 0.25) is 0 Å². The van der Waals surface area contributed by atoms with Gasteiger partial charge in [-0.1, -0.05) is 27.2 Å². The molecule has 8 heteroatoms. The van der Waals surface area contributed by atoms with E-state index in [1.807, 2.05) is 0 Å². The summed E-state index contributed by atoms with van der Waals surface area (Å²) in [6, 6.07) is 0. The Morgan fingerprint density at radius 1 is 1.12 bits per heavy atom. The lowest BCUT2D eigenvalue weighted by Gasteiger charge is -2.38. The summed E-state index contributed by atoms with van der Waals surface area (Å²) in [7, 11) is 0. The molecule has 2 rings (SSSR count). The summed E-state index contributed by atoms with van der Waals surface area (Å²) in [5.74, 6) is 1.14. The predicted octanol–water partition coefficient (Wildman–Crippen LogP) is 0.400. The van der Waals surface area contributed by atoms with E-state index in [2.05, 4.69) is 20.8 Å². The van der Waals surface area contributed by atoms with Gasteiger partial charge in [0.25, 0.3) is 0 Å². The molecule has 2 fully saturated rings. The molecular formula is C17H30O8. The van der Waals surface area contributed by atoms with Crippen molar-refractivity contribution < 1.29 is 39.4 Å². The molecule has 0 aromatic rings. The third kappa shape index (κ3) is 5.04. The molecule has 0 aromatic carbocycles. The van der Waals surface area contributed by atoms with Crippen molar-refractivity contribution in [3.05, 3.63) is 0 Å². The van der Waals surface area contributed by atoms with Crippen LogP contribution in [0.15, 0.2) is 0 Å². The highest BCUT2D eigenvalue weighted by Crippen LogP contribution is 2.35. The van der Waals surface area contributed by atoms with Gasteiger partial charge in [0, 0.05) is 0 Å². The Morgan fingerprint density at radius 2 is 1.80 bits per heavy atom. The molecule has 0 bridgehead atoms. The van der Waals surface area contributed by atoms with Crippen LogP contribution in [0.3, 0.4) is 0 Å². The van der Waals surface area contributed by atoms with Crippen LogP contribution in [0.5, 0.6) is 0 Å². The van der Waals surface area contributed by atoms with E-state index >= 15 is 0 Å². The van der Waals surface area contributed by atoms with Gasteiger partial charge >= 0.3 is 6.16 Å². The normalized spacial score (nSPS) is 42.2. The molecule has 8 atom stereocenters. The quantitative estimate of drug-likeness (QED) is 0.530. The number of aliphatic hydroxyl groups is 4. The van der Waals surface area contributed by atoms with Crippen LogP contribution in [-0.4, -0.2) is 70.0 Å². The van der Waals surface area contributed by atoms with Crippen LogP contribution in [0, 0.1) is 17.8 Å². The van der Waals surface area contributed by atoms with Crippen LogP contribution < -0.4 is 0 Å². The van der Waals surface area contributed by atoms with Crippen molar-refractivity contribution in [1.82, 2.24) is 0 Å². The Kier molecular flexibility index (Phi) is 7.04. The summed E-state index contributed by atoms with van der Waals surface area (Å²) >= 11 is 0. The van der Waals surface area contributed by atoms with E-state index in [1.54, 1.807) is 0 Å². The van der Waals surface area contributed by atoms with Gasteiger partial charge in [0.15, 0.2) is 6.29 Å². The predicted molar refractivity (Wildman–Crippen MR) is 86.5 cm³/mol. The fourth-order valence-corrected chi connectivity index (χ4v) is 3.63. The summed E-state index contributed by atoms with van der Waals surface area (Å²) in [6.45, 7) is 5.93. The average Bonchev–Trinajstić information content (AvgIpc) is 2.54. The second kappa shape index (κ2) is 8.64. The van der Waals surface area contributed by atoms with Crippen LogP contribution in [0.4, 0.5) is 4.79 Å². The van der Waals surface area contributed by atoms with Crippen molar-refractivity contribution in [2.45, 2.75) is 76.8 Å². The number of hydrogen-bond acceptors (Lipinski definition) is 8. The van der Waals surface area contributed by atoms with Gasteiger partial charge in [0.2, 0.25) is 0 Å². The Bertz CT molecular complexity index is 442. The minimum absolute atomic E-state index is 0.216. The first-order chi connectivity index (χ1) is 11.7. The maximum absolute atomic E-state index is 12.0. The number of rotatable bonds is 4. The number of aliphatic hydroxyl groups excluding tert-OH is 4. The zero-order chi connectivity index (χ0) is 18.7. The molecule has 0 aromatic heterocycles. The van der Waals surface area contributed by atoms with Gasteiger partial charge in [0.05, 0.1) is 0 Å². The Balaban J connectivity index is 1.85.